The van der Waals surface area contributed by atoms with Gasteiger partial charge in [0.05, 0.1) is 5.69 Å². The molecule has 0 saturated heterocycles. The maximum Gasteiger partial charge on any atom is 0.294 e. The standard InChI is InChI=1S/C20H24N4O2/c1-13(2)21-19(25)17-16-9-5-6-11-23(16)18(22-17)20(26)24-12-10-14-7-3-4-8-15(14)24/h3-4,7-8,13H,5-6,9-12H2,1-2H3,(H,21,25). The maximum atomic E-state index is 13.3. The van der Waals surface area contributed by atoms with Gasteiger partial charge >= 0.3 is 0 Å². The number of carbonyl (C=O) groups excluding carboxylic acids is 2. The first kappa shape index (κ1) is 16.8. The third-order valence-corrected chi connectivity index (χ3v) is 5.08. The highest BCUT2D eigenvalue weighted by molar-refractivity contribution is 6.06. The lowest BCUT2D eigenvalue weighted by Gasteiger charge is -2.20. The molecule has 0 bridgehead atoms. The van der Waals surface area contributed by atoms with Gasteiger partial charge in [0.15, 0.2) is 0 Å². The van der Waals surface area contributed by atoms with E-state index >= 15 is 0 Å². The summed E-state index contributed by atoms with van der Waals surface area (Å²) in [5.41, 5.74) is 3.45. The first-order valence-corrected chi connectivity index (χ1v) is 9.36. The van der Waals surface area contributed by atoms with Crippen LogP contribution in [0.4, 0.5) is 5.69 Å². The number of rotatable bonds is 3. The Bertz CT molecular complexity index is 869. The van der Waals surface area contributed by atoms with Crippen LogP contribution in [0.1, 0.15) is 59.1 Å². The van der Waals surface area contributed by atoms with Crippen LogP contribution in [0, 0.1) is 0 Å². The fourth-order valence-electron chi connectivity index (χ4n) is 3.89. The lowest BCUT2D eigenvalue weighted by Crippen LogP contribution is -2.32. The summed E-state index contributed by atoms with van der Waals surface area (Å²) in [4.78, 5) is 32.1. The molecule has 3 heterocycles. The molecular weight excluding hydrogens is 328 g/mol. The van der Waals surface area contributed by atoms with Crippen molar-refractivity contribution in [3.8, 4) is 0 Å². The van der Waals surface area contributed by atoms with Crippen LogP contribution in [0.15, 0.2) is 24.3 Å². The summed E-state index contributed by atoms with van der Waals surface area (Å²) < 4.78 is 1.96. The van der Waals surface area contributed by atoms with Crippen molar-refractivity contribution in [2.45, 2.75) is 52.1 Å². The van der Waals surface area contributed by atoms with E-state index in [1.165, 1.54) is 5.56 Å². The highest BCUT2D eigenvalue weighted by Gasteiger charge is 2.32. The number of carbonyl (C=O) groups is 2. The Kier molecular flexibility index (Phi) is 4.26. The van der Waals surface area contributed by atoms with E-state index in [9.17, 15) is 9.59 Å². The molecule has 6 heteroatoms. The predicted octanol–water partition coefficient (Wildman–Crippen LogP) is 2.56. The van der Waals surface area contributed by atoms with Gasteiger partial charge in [-0.2, -0.15) is 0 Å². The zero-order chi connectivity index (χ0) is 18.3. The summed E-state index contributed by atoms with van der Waals surface area (Å²) in [6, 6.07) is 8.02. The topological polar surface area (TPSA) is 67.2 Å². The van der Waals surface area contributed by atoms with Crippen molar-refractivity contribution >= 4 is 17.5 Å². The molecule has 2 aliphatic rings. The summed E-state index contributed by atoms with van der Waals surface area (Å²) in [6.45, 7) is 5.25. The molecule has 6 nitrogen and oxygen atoms in total. The molecule has 1 aromatic heterocycles. The van der Waals surface area contributed by atoms with Gasteiger partial charge in [-0.05, 0) is 51.2 Å². The van der Waals surface area contributed by atoms with Crippen LogP contribution in [-0.4, -0.2) is 34.0 Å². The predicted molar refractivity (Wildman–Crippen MR) is 99.6 cm³/mol. The SMILES string of the molecule is CC(C)NC(=O)c1nc(C(=O)N2CCc3ccccc32)n2c1CCCC2. The number of benzene rings is 1. The first-order chi connectivity index (χ1) is 12.6. The van der Waals surface area contributed by atoms with Crippen molar-refractivity contribution in [1.82, 2.24) is 14.9 Å². The summed E-state index contributed by atoms with van der Waals surface area (Å²) in [5.74, 6) is 0.0959. The molecular formula is C20H24N4O2. The van der Waals surface area contributed by atoms with E-state index in [2.05, 4.69) is 16.4 Å². The van der Waals surface area contributed by atoms with Gasteiger partial charge in [-0.25, -0.2) is 4.98 Å². The lowest BCUT2D eigenvalue weighted by molar-refractivity contribution is 0.0937. The number of anilines is 1. The number of nitrogens with one attached hydrogen (secondary N) is 1. The fraction of sp³-hybridized carbons (Fsp3) is 0.450. The largest absolute Gasteiger partial charge is 0.348 e. The molecule has 2 amide bonds. The van der Waals surface area contributed by atoms with E-state index in [1.54, 1.807) is 4.90 Å². The fourth-order valence-corrected chi connectivity index (χ4v) is 3.89. The number of imidazole rings is 1. The molecule has 4 rings (SSSR count). The molecule has 1 N–H and O–H groups in total. The Morgan fingerprint density at radius 2 is 1.92 bits per heavy atom. The molecule has 2 aliphatic heterocycles. The minimum absolute atomic E-state index is 0.0352. The average Bonchev–Trinajstić information content (AvgIpc) is 3.22. The molecule has 26 heavy (non-hydrogen) atoms. The molecule has 0 atom stereocenters. The van der Waals surface area contributed by atoms with E-state index in [1.807, 2.05) is 36.6 Å². The van der Waals surface area contributed by atoms with E-state index < -0.39 is 0 Å². The van der Waals surface area contributed by atoms with Gasteiger partial charge in [-0.15, -0.1) is 0 Å². The summed E-state index contributed by atoms with van der Waals surface area (Å²) in [5, 5.41) is 2.91. The van der Waals surface area contributed by atoms with Crippen molar-refractivity contribution in [2.24, 2.45) is 0 Å². The van der Waals surface area contributed by atoms with Crippen molar-refractivity contribution in [3.05, 3.63) is 47.0 Å². The van der Waals surface area contributed by atoms with Crippen LogP contribution in [0.25, 0.3) is 0 Å². The second kappa shape index (κ2) is 6.59. The minimum Gasteiger partial charge on any atom is -0.348 e. The Morgan fingerprint density at radius 1 is 1.12 bits per heavy atom. The van der Waals surface area contributed by atoms with Crippen LogP contribution in [-0.2, 0) is 19.4 Å². The molecule has 0 unspecified atom stereocenters. The van der Waals surface area contributed by atoms with Crippen molar-refractivity contribution in [3.63, 3.8) is 0 Å². The number of aromatic nitrogens is 2. The summed E-state index contributed by atoms with van der Waals surface area (Å²) in [6.07, 6.45) is 3.67. The number of para-hydroxylation sites is 1. The molecule has 136 valence electrons. The second-order valence-corrected chi connectivity index (χ2v) is 7.30. The Labute approximate surface area is 153 Å². The highest BCUT2D eigenvalue weighted by atomic mass is 16.2. The average molecular weight is 352 g/mol. The van der Waals surface area contributed by atoms with Crippen LogP contribution in [0.3, 0.4) is 0 Å². The quantitative estimate of drug-likeness (QED) is 0.923. The van der Waals surface area contributed by atoms with Gasteiger partial charge in [0, 0.05) is 24.8 Å². The normalized spacial score (nSPS) is 15.7. The van der Waals surface area contributed by atoms with Crippen LogP contribution in [0.2, 0.25) is 0 Å². The molecule has 0 spiro atoms. The van der Waals surface area contributed by atoms with E-state index in [4.69, 9.17) is 0 Å². The van der Waals surface area contributed by atoms with Gasteiger partial charge < -0.3 is 14.8 Å². The number of nitrogens with zero attached hydrogens (tertiary/aromatic N) is 3. The Balaban J connectivity index is 1.72. The van der Waals surface area contributed by atoms with Crippen LogP contribution in [0.5, 0.6) is 0 Å². The van der Waals surface area contributed by atoms with E-state index in [0.29, 0.717) is 18.1 Å². The first-order valence-electron chi connectivity index (χ1n) is 9.36. The van der Waals surface area contributed by atoms with Crippen molar-refractivity contribution in [2.75, 3.05) is 11.4 Å². The number of hydrogen-bond acceptors (Lipinski definition) is 3. The van der Waals surface area contributed by atoms with Crippen LogP contribution < -0.4 is 10.2 Å². The number of fused-ring (bicyclic) bond motifs is 2. The zero-order valence-corrected chi connectivity index (χ0v) is 15.3. The molecule has 1 aromatic carbocycles. The highest BCUT2D eigenvalue weighted by Crippen LogP contribution is 2.30. The third kappa shape index (κ3) is 2.79. The zero-order valence-electron chi connectivity index (χ0n) is 15.3. The van der Waals surface area contributed by atoms with Crippen molar-refractivity contribution < 1.29 is 9.59 Å². The smallest absolute Gasteiger partial charge is 0.294 e. The number of hydrogen-bond donors (Lipinski definition) is 1. The van der Waals surface area contributed by atoms with Crippen LogP contribution >= 0.6 is 0 Å². The van der Waals surface area contributed by atoms with E-state index in [-0.39, 0.29) is 17.9 Å². The third-order valence-electron chi connectivity index (χ3n) is 5.08. The van der Waals surface area contributed by atoms with Gasteiger partial charge in [0.2, 0.25) is 5.82 Å². The molecule has 0 aliphatic carbocycles. The van der Waals surface area contributed by atoms with E-state index in [0.717, 1.165) is 43.6 Å². The monoisotopic (exact) mass is 352 g/mol. The molecule has 0 radical (unpaired) electrons. The Morgan fingerprint density at radius 3 is 2.73 bits per heavy atom. The maximum absolute atomic E-state index is 13.3. The summed E-state index contributed by atoms with van der Waals surface area (Å²) >= 11 is 0. The van der Waals surface area contributed by atoms with Gasteiger partial charge in [-0.3, -0.25) is 9.59 Å². The van der Waals surface area contributed by atoms with Gasteiger partial charge in [-0.1, -0.05) is 18.2 Å². The summed E-state index contributed by atoms with van der Waals surface area (Å²) in [7, 11) is 0. The number of amides is 2. The Hall–Kier alpha value is -2.63. The molecule has 0 fully saturated rings. The lowest BCUT2D eigenvalue weighted by atomic mass is 10.1. The van der Waals surface area contributed by atoms with Crippen molar-refractivity contribution in [1.29, 1.82) is 0 Å². The molecule has 0 saturated carbocycles. The molecule has 2 aromatic rings. The second-order valence-electron chi connectivity index (χ2n) is 7.30. The van der Waals surface area contributed by atoms with Gasteiger partial charge in [0.1, 0.15) is 5.69 Å². The minimum atomic E-state index is -0.188. The van der Waals surface area contributed by atoms with Gasteiger partial charge in [0.25, 0.3) is 11.8 Å².